The maximum Gasteiger partial charge on any atom is 0.341 e. The van der Waals surface area contributed by atoms with E-state index in [1.807, 2.05) is 0 Å². The first kappa shape index (κ1) is 11.6. The number of nitro benzene ring substituents is 1. The van der Waals surface area contributed by atoms with Crippen LogP contribution in [0.2, 0.25) is 0 Å². The lowest BCUT2D eigenvalue weighted by Gasteiger charge is -2.03. The molecule has 0 saturated heterocycles. The molecule has 16 heavy (non-hydrogen) atoms. The van der Waals surface area contributed by atoms with Crippen LogP contribution in [0.4, 0.5) is 5.69 Å². The number of benzene rings is 1. The summed E-state index contributed by atoms with van der Waals surface area (Å²) in [6.45, 7) is -0.573. The average Bonchev–Trinajstić information content (AvgIpc) is 2.25. The van der Waals surface area contributed by atoms with Crippen LogP contribution in [0.3, 0.4) is 0 Å². The van der Waals surface area contributed by atoms with Gasteiger partial charge in [0.05, 0.1) is 10.5 Å². The molecule has 0 aliphatic carbocycles. The highest BCUT2D eigenvalue weighted by Crippen LogP contribution is 2.22. The summed E-state index contributed by atoms with van der Waals surface area (Å²) in [7, 11) is 0. The number of nitrogens with zero attached hydrogens (tertiary/aromatic N) is 1. The van der Waals surface area contributed by atoms with Crippen molar-refractivity contribution in [3.63, 3.8) is 0 Å². The highest BCUT2D eigenvalue weighted by molar-refractivity contribution is 5.82. The number of nitro groups is 1. The number of carbonyl (C=O) groups is 2. The molecule has 0 aliphatic heterocycles. The van der Waals surface area contributed by atoms with Crippen LogP contribution in [0.25, 0.3) is 0 Å². The van der Waals surface area contributed by atoms with Crippen LogP contribution in [-0.4, -0.2) is 28.9 Å². The predicted octanol–water partition coefficient (Wildman–Crippen LogP) is 0.871. The van der Waals surface area contributed by atoms with Gasteiger partial charge < -0.3 is 9.84 Å². The number of carbonyl (C=O) groups excluding carboxylic acids is 1. The van der Waals surface area contributed by atoms with E-state index in [1.165, 1.54) is 6.07 Å². The Morgan fingerprint density at radius 2 is 2.25 bits per heavy atom. The fourth-order valence-corrected chi connectivity index (χ4v) is 1.03. The van der Waals surface area contributed by atoms with Gasteiger partial charge in [-0.2, -0.15) is 0 Å². The van der Waals surface area contributed by atoms with E-state index >= 15 is 0 Å². The second-order valence-electron chi connectivity index (χ2n) is 2.78. The summed E-state index contributed by atoms with van der Waals surface area (Å²) < 4.78 is 4.76. The molecular formula is C9H7NO6. The summed E-state index contributed by atoms with van der Waals surface area (Å²) in [6.07, 6.45) is 0.311. The number of hydrogen-bond acceptors (Lipinski definition) is 5. The number of aliphatic carboxylic acids is 1. The molecule has 7 heteroatoms. The third-order valence-corrected chi connectivity index (χ3v) is 1.68. The van der Waals surface area contributed by atoms with Crippen LogP contribution in [0.15, 0.2) is 18.2 Å². The van der Waals surface area contributed by atoms with E-state index in [9.17, 15) is 19.7 Å². The summed E-state index contributed by atoms with van der Waals surface area (Å²) >= 11 is 0. The van der Waals surface area contributed by atoms with Gasteiger partial charge in [0.15, 0.2) is 12.9 Å². The van der Waals surface area contributed by atoms with Gasteiger partial charge in [-0.1, -0.05) is 0 Å². The van der Waals surface area contributed by atoms with Crippen LogP contribution in [-0.2, 0) is 4.79 Å². The fourth-order valence-electron chi connectivity index (χ4n) is 1.03. The van der Waals surface area contributed by atoms with Crippen LogP contribution in [0, 0.1) is 10.1 Å². The van der Waals surface area contributed by atoms with Crippen molar-refractivity contribution in [1.82, 2.24) is 0 Å². The van der Waals surface area contributed by atoms with E-state index in [0.29, 0.717) is 6.29 Å². The minimum absolute atomic E-state index is 0.0927. The molecule has 1 aromatic rings. The minimum Gasteiger partial charge on any atom is -0.482 e. The maximum atomic E-state index is 10.5. The zero-order valence-corrected chi connectivity index (χ0v) is 7.95. The van der Waals surface area contributed by atoms with E-state index < -0.39 is 17.5 Å². The van der Waals surface area contributed by atoms with Crippen LogP contribution in [0.1, 0.15) is 10.4 Å². The number of aldehydes is 1. The van der Waals surface area contributed by atoms with Crippen molar-refractivity contribution >= 4 is 17.9 Å². The lowest BCUT2D eigenvalue weighted by molar-refractivity contribution is -0.385. The Balaban J connectivity index is 2.95. The van der Waals surface area contributed by atoms with Gasteiger partial charge in [0.1, 0.15) is 5.75 Å². The monoisotopic (exact) mass is 225 g/mol. The third kappa shape index (κ3) is 2.77. The molecule has 1 N–H and O–H groups in total. The Morgan fingerprint density at radius 3 is 2.75 bits per heavy atom. The van der Waals surface area contributed by atoms with Crippen molar-refractivity contribution in [3.8, 4) is 5.75 Å². The summed E-state index contributed by atoms with van der Waals surface area (Å²) in [4.78, 5) is 30.5. The van der Waals surface area contributed by atoms with Crippen molar-refractivity contribution in [3.05, 3.63) is 33.9 Å². The standard InChI is InChI=1S/C9H7NO6/c11-4-6-3-7(16-5-9(12)13)1-2-8(6)10(14)15/h1-4H,5H2,(H,12,13). The number of carboxylic acid groups (broad SMARTS) is 1. The molecular weight excluding hydrogens is 218 g/mol. The van der Waals surface area contributed by atoms with Crippen molar-refractivity contribution in [2.75, 3.05) is 6.61 Å². The number of ether oxygens (including phenoxy) is 1. The van der Waals surface area contributed by atoms with Gasteiger partial charge in [0, 0.05) is 6.07 Å². The van der Waals surface area contributed by atoms with Crippen molar-refractivity contribution in [2.45, 2.75) is 0 Å². The van der Waals surface area contributed by atoms with E-state index in [4.69, 9.17) is 9.84 Å². The molecule has 0 unspecified atom stereocenters. The van der Waals surface area contributed by atoms with Crippen LogP contribution >= 0.6 is 0 Å². The molecule has 0 fully saturated rings. The van der Waals surface area contributed by atoms with Gasteiger partial charge in [0.2, 0.25) is 0 Å². The average molecular weight is 225 g/mol. The van der Waals surface area contributed by atoms with E-state index in [2.05, 4.69) is 0 Å². The Morgan fingerprint density at radius 1 is 1.56 bits per heavy atom. The van der Waals surface area contributed by atoms with Crippen molar-refractivity contribution < 1.29 is 24.4 Å². The molecule has 0 saturated carbocycles. The van der Waals surface area contributed by atoms with Gasteiger partial charge in [-0.25, -0.2) is 4.79 Å². The van der Waals surface area contributed by atoms with Gasteiger partial charge in [-0.3, -0.25) is 14.9 Å². The zero-order chi connectivity index (χ0) is 12.1. The van der Waals surface area contributed by atoms with E-state index in [1.54, 1.807) is 0 Å². The summed E-state index contributed by atoms with van der Waals surface area (Å²) in [5.74, 6) is -1.08. The highest BCUT2D eigenvalue weighted by Gasteiger charge is 2.14. The van der Waals surface area contributed by atoms with Gasteiger partial charge in [-0.05, 0) is 12.1 Å². The number of carboxylic acids is 1. The Hall–Kier alpha value is -2.44. The molecule has 1 aromatic carbocycles. The van der Waals surface area contributed by atoms with Gasteiger partial charge in [0.25, 0.3) is 5.69 Å². The topological polar surface area (TPSA) is 107 Å². The second kappa shape index (κ2) is 4.87. The molecule has 0 heterocycles. The van der Waals surface area contributed by atoms with Gasteiger partial charge in [-0.15, -0.1) is 0 Å². The van der Waals surface area contributed by atoms with Crippen LogP contribution < -0.4 is 4.74 Å². The quantitative estimate of drug-likeness (QED) is 0.452. The highest BCUT2D eigenvalue weighted by atomic mass is 16.6. The molecule has 84 valence electrons. The normalized spacial score (nSPS) is 9.50. The van der Waals surface area contributed by atoms with Gasteiger partial charge >= 0.3 is 5.97 Å². The lowest BCUT2D eigenvalue weighted by atomic mass is 10.2. The summed E-state index contributed by atoms with van der Waals surface area (Å²) in [5.41, 5.74) is -0.509. The molecule has 0 radical (unpaired) electrons. The molecule has 0 spiro atoms. The number of rotatable bonds is 5. The first-order chi connectivity index (χ1) is 7.54. The first-order valence-corrected chi connectivity index (χ1v) is 4.13. The number of hydrogen-bond donors (Lipinski definition) is 1. The maximum absolute atomic E-state index is 10.5. The first-order valence-electron chi connectivity index (χ1n) is 4.13. The Bertz CT molecular complexity index is 442. The van der Waals surface area contributed by atoms with Crippen molar-refractivity contribution in [1.29, 1.82) is 0 Å². The lowest BCUT2D eigenvalue weighted by Crippen LogP contribution is -2.09. The SMILES string of the molecule is O=Cc1cc(OCC(=O)O)ccc1[N+](=O)[O-]. The van der Waals surface area contributed by atoms with Crippen LogP contribution in [0.5, 0.6) is 5.75 Å². The third-order valence-electron chi connectivity index (χ3n) is 1.68. The Kier molecular flexibility index (Phi) is 3.54. The largest absolute Gasteiger partial charge is 0.482 e. The van der Waals surface area contributed by atoms with Crippen molar-refractivity contribution in [2.24, 2.45) is 0 Å². The summed E-state index contributed by atoms with van der Waals surface area (Å²) in [6, 6.07) is 3.43. The molecule has 0 aliphatic rings. The molecule has 0 amide bonds. The summed E-state index contributed by atoms with van der Waals surface area (Å²) in [5, 5.41) is 18.8. The zero-order valence-electron chi connectivity index (χ0n) is 7.95. The predicted molar refractivity (Wildman–Crippen MR) is 51.6 cm³/mol. The molecule has 7 nitrogen and oxygen atoms in total. The fraction of sp³-hybridized carbons (Fsp3) is 0.111. The second-order valence-corrected chi connectivity index (χ2v) is 2.78. The molecule has 0 aromatic heterocycles. The molecule has 0 atom stereocenters. The van der Waals surface area contributed by atoms with E-state index in [0.717, 1.165) is 12.1 Å². The minimum atomic E-state index is -1.17. The smallest absolute Gasteiger partial charge is 0.341 e. The van der Waals surface area contributed by atoms with E-state index in [-0.39, 0.29) is 17.0 Å². The Labute approximate surface area is 89.4 Å². The molecule has 1 rings (SSSR count). The molecule has 0 bridgehead atoms.